The number of likely N-dealkylation sites (tertiary alicyclic amines) is 1. The monoisotopic (exact) mass is 341 g/mol. The van der Waals surface area contributed by atoms with E-state index < -0.39 is 6.10 Å². The second-order valence-corrected chi connectivity index (χ2v) is 6.28. The Morgan fingerprint density at radius 3 is 2.76 bits per heavy atom. The standard InChI is InChI=1S/C19H23N3O3/c1-2-25-17-5-3-14(4-6-17)9-19(24)22-12-15(18(23)13-22)10-16-11-20-7-8-21-16/h3-8,11,15,18,23H,2,9-10,12-13H2,1H3. The number of aliphatic hydroxyl groups excluding tert-OH is 1. The number of carbonyl (C=O) groups is 1. The second kappa shape index (κ2) is 8.07. The Balaban J connectivity index is 1.56. The molecular formula is C19H23N3O3. The summed E-state index contributed by atoms with van der Waals surface area (Å²) >= 11 is 0. The van der Waals surface area contributed by atoms with E-state index in [0.717, 1.165) is 17.0 Å². The van der Waals surface area contributed by atoms with Crippen LogP contribution in [-0.4, -0.2) is 51.7 Å². The van der Waals surface area contributed by atoms with Crippen molar-refractivity contribution in [2.24, 2.45) is 5.92 Å². The molecule has 1 aromatic carbocycles. The van der Waals surface area contributed by atoms with Gasteiger partial charge >= 0.3 is 0 Å². The Morgan fingerprint density at radius 1 is 1.28 bits per heavy atom. The van der Waals surface area contributed by atoms with Crippen LogP contribution in [0.4, 0.5) is 0 Å². The summed E-state index contributed by atoms with van der Waals surface area (Å²) in [4.78, 5) is 22.6. The van der Waals surface area contributed by atoms with Gasteiger partial charge in [0, 0.05) is 37.6 Å². The molecule has 0 spiro atoms. The molecule has 2 aromatic rings. The van der Waals surface area contributed by atoms with Gasteiger partial charge in [-0.25, -0.2) is 0 Å². The molecule has 6 heteroatoms. The Bertz CT molecular complexity index is 691. The van der Waals surface area contributed by atoms with Crippen LogP contribution in [0.5, 0.6) is 5.75 Å². The fourth-order valence-corrected chi connectivity index (χ4v) is 3.12. The lowest BCUT2D eigenvalue weighted by atomic mass is 10.0. The van der Waals surface area contributed by atoms with Gasteiger partial charge in [0.05, 0.1) is 24.8 Å². The largest absolute Gasteiger partial charge is 0.494 e. The van der Waals surface area contributed by atoms with E-state index in [1.54, 1.807) is 23.5 Å². The van der Waals surface area contributed by atoms with E-state index in [9.17, 15) is 9.90 Å². The number of amides is 1. The molecule has 1 aliphatic rings. The highest BCUT2D eigenvalue weighted by Gasteiger charge is 2.34. The van der Waals surface area contributed by atoms with Crippen molar-refractivity contribution < 1.29 is 14.6 Å². The number of aliphatic hydroxyl groups is 1. The zero-order chi connectivity index (χ0) is 17.6. The van der Waals surface area contributed by atoms with Crippen molar-refractivity contribution in [1.82, 2.24) is 14.9 Å². The normalized spacial score (nSPS) is 19.8. The number of hydrogen-bond acceptors (Lipinski definition) is 5. The van der Waals surface area contributed by atoms with Crippen LogP contribution in [0.25, 0.3) is 0 Å². The van der Waals surface area contributed by atoms with Crippen LogP contribution >= 0.6 is 0 Å². The molecular weight excluding hydrogens is 318 g/mol. The fraction of sp³-hybridized carbons (Fsp3) is 0.421. The topological polar surface area (TPSA) is 75.5 Å². The summed E-state index contributed by atoms with van der Waals surface area (Å²) in [6, 6.07) is 7.57. The van der Waals surface area contributed by atoms with Gasteiger partial charge in [0.2, 0.25) is 5.91 Å². The summed E-state index contributed by atoms with van der Waals surface area (Å²) < 4.78 is 5.41. The molecule has 1 amide bonds. The van der Waals surface area contributed by atoms with E-state index in [2.05, 4.69) is 9.97 Å². The summed E-state index contributed by atoms with van der Waals surface area (Å²) in [6.45, 7) is 3.49. The minimum atomic E-state index is -0.522. The third kappa shape index (κ3) is 4.54. The van der Waals surface area contributed by atoms with Crippen molar-refractivity contribution in [3.63, 3.8) is 0 Å². The lowest BCUT2D eigenvalue weighted by Gasteiger charge is -2.16. The summed E-state index contributed by atoms with van der Waals surface area (Å²) in [5, 5.41) is 10.3. The molecule has 0 saturated carbocycles. The van der Waals surface area contributed by atoms with E-state index >= 15 is 0 Å². The van der Waals surface area contributed by atoms with Crippen molar-refractivity contribution in [1.29, 1.82) is 0 Å². The molecule has 132 valence electrons. The molecule has 0 bridgehead atoms. The van der Waals surface area contributed by atoms with Gasteiger partial charge in [0.15, 0.2) is 0 Å². The highest BCUT2D eigenvalue weighted by atomic mass is 16.5. The summed E-state index contributed by atoms with van der Waals surface area (Å²) in [7, 11) is 0. The fourth-order valence-electron chi connectivity index (χ4n) is 3.12. The van der Waals surface area contributed by atoms with Gasteiger partial charge in [0.25, 0.3) is 0 Å². The first-order valence-corrected chi connectivity index (χ1v) is 8.58. The molecule has 0 aliphatic carbocycles. The van der Waals surface area contributed by atoms with Crippen LogP contribution in [0.2, 0.25) is 0 Å². The quantitative estimate of drug-likeness (QED) is 0.861. The van der Waals surface area contributed by atoms with Crippen LogP contribution in [-0.2, 0) is 17.6 Å². The van der Waals surface area contributed by atoms with Crippen LogP contribution < -0.4 is 4.74 Å². The van der Waals surface area contributed by atoms with E-state index in [1.807, 2.05) is 31.2 Å². The van der Waals surface area contributed by atoms with Gasteiger partial charge in [-0.1, -0.05) is 12.1 Å². The van der Waals surface area contributed by atoms with Gasteiger partial charge in [-0.3, -0.25) is 14.8 Å². The highest BCUT2D eigenvalue weighted by molar-refractivity contribution is 5.79. The summed E-state index contributed by atoms with van der Waals surface area (Å²) in [6.07, 6.45) is 5.41. The third-order valence-corrected chi connectivity index (χ3v) is 4.44. The number of carbonyl (C=O) groups excluding carboxylic acids is 1. The van der Waals surface area contributed by atoms with E-state index in [0.29, 0.717) is 32.5 Å². The smallest absolute Gasteiger partial charge is 0.227 e. The average Bonchev–Trinajstić information content (AvgIpc) is 2.99. The van der Waals surface area contributed by atoms with Gasteiger partial charge in [-0.2, -0.15) is 0 Å². The molecule has 0 radical (unpaired) electrons. The Morgan fingerprint density at radius 2 is 2.08 bits per heavy atom. The second-order valence-electron chi connectivity index (χ2n) is 6.28. The first-order valence-electron chi connectivity index (χ1n) is 8.58. The number of benzene rings is 1. The average molecular weight is 341 g/mol. The number of rotatable bonds is 6. The molecule has 1 aliphatic heterocycles. The van der Waals surface area contributed by atoms with Crippen LogP contribution in [0.15, 0.2) is 42.9 Å². The van der Waals surface area contributed by atoms with Crippen LogP contribution in [0.1, 0.15) is 18.2 Å². The molecule has 25 heavy (non-hydrogen) atoms. The molecule has 1 N–H and O–H groups in total. The predicted molar refractivity (Wildman–Crippen MR) is 93.1 cm³/mol. The summed E-state index contributed by atoms with van der Waals surface area (Å²) in [5.41, 5.74) is 1.78. The molecule has 1 aromatic heterocycles. The Hall–Kier alpha value is -2.47. The van der Waals surface area contributed by atoms with Gasteiger partial charge < -0.3 is 14.7 Å². The Labute approximate surface area is 147 Å². The lowest BCUT2D eigenvalue weighted by molar-refractivity contribution is -0.129. The number of β-amino-alcohol motifs (C(OH)–C–C–N with tert-alkyl or cyclic N) is 1. The number of nitrogens with zero attached hydrogens (tertiary/aromatic N) is 3. The first-order chi connectivity index (χ1) is 12.2. The third-order valence-electron chi connectivity index (χ3n) is 4.44. The van der Waals surface area contributed by atoms with Gasteiger partial charge in [0.1, 0.15) is 5.75 Å². The number of ether oxygens (including phenoxy) is 1. The SMILES string of the molecule is CCOc1ccc(CC(=O)N2CC(O)C(Cc3cnccn3)C2)cc1. The van der Waals surface area contributed by atoms with Crippen LogP contribution in [0.3, 0.4) is 0 Å². The van der Waals surface area contributed by atoms with Crippen LogP contribution in [0, 0.1) is 5.92 Å². The van der Waals surface area contributed by atoms with Crippen molar-refractivity contribution in [3.05, 3.63) is 54.1 Å². The van der Waals surface area contributed by atoms with Crippen molar-refractivity contribution >= 4 is 5.91 Å². The molecule has 2 atom stereocenters. The highest BCUT2D eigenvalue weighted by Crippen LogP contribution is 2.22. The van der Waals surface area contributed by atoms with E-state index in [1.165, 1.54) is 0 Å². The minimum Gasteiger partial charge on any atom is -0.494 e. The van der Waals surface area contributed by atoms with Crippen molar-refractivity contribution in [2.75, 3.05) is 19.7 Å². The molecule has 6 nitrogen and oxygen atoms in total. The maximum Gasteiger partial charge on any atom is 0.227 e. The zero-order valence-corrected chi connectivity index (χ0v) is 14.3. The van der Waals surface area contributed by atoms with E-state index in [4.69, 9.17) is 4.74 Å². The Kier molecular flexibility index (Phi) is 5.60. The minimum absolute atomic E-state index is 0.000908. The van der Waals surface area contributed by atoms with Gasteiger partial charge in [-0.15, -0.1) is 0 Å². The molecule has 2 unspecified atom stereocenters. The number of hydrogen-bond donors (Lipinski definition) is 1. The zero-order valence-electron chi connectivity index (χ0n) is 14.3. The number of aromatic nitrogens is 2. The van der Waals surface area contributed by atoms with Crippen molar-refractivity contribution in [2.45, 2.75) is 25.9 Å². The maximum atomic E-state index is 12.5. The summed E-state index contributed by atoms with van der Waals surface area (Å²) in [5.74, 6) is 0.838. The first kappa shape index (κ1) is 17.4. The van der Waals surface area contributed by atoms with E-state index in [-0.39, 0.29) is 11.8 Å². The molecule has 2 heterocycles. The predicted octanol–water partition coefficient (Wildman–Crippen LogP) is 1.48. The maximum absolute atomic E-state index is 12.5. The molecule has 3 rings (SSSR count). The van der Waals surface area contributed by atoms with Gasteiger partial charge in [-0.05, 0) is 31.0 Å². The molecule has 1 fully saturated rings. The molecule has 1 saturated heterocycles. The van der Waals surface area contributed by atoms with Crippen molar-refractivity contribution in [3.8, 4) is 5.75 Å². The lowest BCUT2D eigenvalue weighted by Crippen LogP contribution is -2.31.